The molecule has 0 N–H and O–H groups in total. The van der Waals surface area contributed by atoms with E-state index in [1.165, 1.54) is 0 Å². The first-order valence-corrected chi connectivity index (χ1v) is 5.60. The van der Waals surface area contributed by atoms with E-state index in [2.05, 4.69) is 0 Å². The van der Waals surface area contributed by atoms with Gasteiger partial charge in [0.15, 0.2) is 0 Å². The molecule has 0 aromatic heterocycles. The van der Waals surface area contributed by atoms with E-state index in [4.69, 9.17) is 0 Å². The smallest absolute Gasteiger partial charge is 1.00 e. The zero-order valence-electron chi connectivity index (χ0n) is 5.78. The van der Waals surface area contributed by atoms with E-state index in [0.717, 1.165) is 0 Å². The van der Waals surface area contributed by atoms with E-state index in [9.17, 15) is 39.5 Å². The first-order valence-electron chi connectivity index (χ1n) is 2.45. The first kappa shape index (κ1) is 17.1. The van der Waals surface area contributed by atoms with Crippen molar-refractivity contribution in [3.05, 3.63) is 0 Å². The molecule has 0 aliphatic rings. The third-order valence-corrected chi connectivity index (χ3v) is 4.42. The minimum atomic E-state index is -7.10. The van der Waals surface area contributed by atoms with Crippen LogP contribution in [0, 0.1) is 0 Å². The summed E-state index contributed by atoms with van der Waals surface area (Å²) in [6.07, 6.45) is 0. The summed E-state index contributed by atoms with van der Waals surface area (Å²) in [4.78, 5) is 0. The van der Waals surface area contributed by atoms with Crippen LogP contribution in [0.2, 0.25) is 0 Å². The van der Waals surface area contributed by atoms with E-state index in [1.807, 2.05) is 0 Å². The van der Waals surface area contributed by atoms with Crippen molar-refractivity contribution in [3.8, 4) is 0 Å². The van der Waals surface area contributed by atoms with Gasteiger partial charge in [-0.2, -0.15) is 0 Å². The average Bonchev–Trinajstić information content (AvgIpc) is 1.44. The van der Waals surface area contributed by atoms with E-state index in [0.29, 0.717) is 0 Å². The molecule has 0 spiro atoms. The fourth-order valence-corrected chi connectivity index (χ4v) is 2.51. The summed E-state index contributed by atoms with van der Waals surface area (Å²) >= 11 is -7.10. The fourth-order valence-electron chi connectivity index (χ4n) is 0.482. The quantitative estimate of drug-likeness (QED) is 0.297. The largest absolute Gasteiger partial charge is 1.00 e. The molecular weight excluding hydrogens is 407 g/mol. The second-order valence-electron chi connectivity index (χ2n) is 1.87. The average molecular weight is 407 g/mol. The molecule has 0 fully saturated rings. The number of alkyl halides is 9. The molecule has 0 aromatic carbocycles. The van der Waals surface area contributed by atoms with E-state index in [1.54, 1.807) is 0 Å². The SMILES string of the molecule is F[C](F)(F)[Ge+]([C](F)(F)F)[C](F)(F)F.[I-]. The van der Waals surface area contributed by atoms with Gasteiger partial charge < -0.3 is 24.0 Å². The van der Waals surface area contributed by atoms with Gasteiger partial charge in [0.25, 0.3) is 0 Å². The topological polar surface area (TPSA) is 0 Å². The van der Waals surface area contributed by atoms with Crippen molar-refractivity contribution in [2.75, 3.05) is 0 Å². The van der Waals surface area contributed by atoms with Gasteiger partial charge in [0.05, 0.1) is 0 Å². The molecule has 86 valence electrons. The third-order valence-electron chi connectivity index (χ3n) is 0.850. The minimum absolute atomic E-state index is 0. The Labute approximate surface area is 93.0 Å². The molecule has 0 atom stereocenters. The summed E-state index contributed by atoms with van der Waals surface area (Å²) in [7, 11) is 0. The van der Waals surface area contributed by atoms with Crippen molar-refractivity contribution < 1.29 is 63.5 Å². The molecule has 0 bridgehead atoms. The second-order valence-corrected chi connectivity index (χ2v) is 7.01. The van der Waals surface area contributed by atoms with Crippen LogP contribution in [0.15, 0.2) is 0 Å². The van der Waals surface area contributed by atoms with Crippen LogP contribution < -0.4 is 24.0 Å². The molecular formula is C3F9GeI. The van der Waals surface area contributed by atoms with Crippen LogP contribution in [-0.4, -0.2) is 29.4 Å². The Morgan fingerprint density at radius 3 is 0.643 bits per heavy atom. The molecule has 0 aliphatic carbocycles. The van der Waals surface area contributed by atoms with Gasteiger partial charge in [-0.1, -0.05) is 0 Å². The molecule has 0 saturated carbocycles. The maximum atomic E-state index is 11.3. The maximum Gasteiger partial charge on any atom is -1.00 e. The Balaban J connectivity index is 0. The maximum absolute atomic E-state index is 11.3. The fraction of sp³-hybridized carbons (Fsp3) is 1.00. The van der Waals surface area contributed by atoms with Gasteiger partial charge in [-0.3, -0.25) is 0 Å². The molecule has 0 amide bonds. The van der Waals surface area contributed by atoms with Gasteiger partial charge in [0.1, 0.15) is 0 Å². The van der Waals surface area contributed by atoms with E-state index < -0.39 is 29.4 Å². The van der Waals surface area contributed by atoms with Crippen LogP contribution in [-0.2, 0) is 0 Å². The van der Waals surface area contributed by atoms with Gasteiger partial charge in [-0.25, -0.2) is 0 Å². The van der Waals surface area contributed by atoms with Crippen molar-refractivity contribution in [1.29, 1.82) is 0 Å². The summed E-state index contributed by atoms with van der Waals surface area (Å²) in [6.45, 7) is 0. The molecule has 0 rings (SSSR count). The summed E-state index contributed by atoms with van der Waals surface area (Å²) in [5.74, 6) is 0. The molecule has 0 aliphatic heterocycles. The molecule has 0 aromatic rings. The van der Waals surface area contributed by atoms with Crippen molar-refractivity contribution >= 4 is 14.3 Å². The van der Waals surface area contributed by atoms with Crippen LogP contribution in [0.1, 0.15) is 0 Å². The van der Waals surface area contributed by atoms with E-state index in [-0.39, 0.29) is 24.0 Å². The van der Waals surface area contributed by atoms with Gasteiger partial charge in [-0.15, -0.1) is 0 Å². The molecule has 14 heavy (non-hydrogen) atoms. The number of hydrogen-bond acceptors (Lipinski definition) is 0. The number of hydrogen-bond donors (Lipinski definition) is 0. The molecule has 11 heteroatoms. The molecule has 0 unspecified atom stereocenters. The number of rotatable bonds is 0. The first-order chi connectivity index (χ1) is 5.37. The summed E-state index contributed by atoms with van der Waals surface area (Å²) in [5.41, 5.74) is 0. The van der Waals surface area contributed by atoms with Crippen LogP contribution in [0.5, 0.6) is 0 Å². The molecule has 0 heterocycles. The zero-order chi connectivity index (χ0) is 11.1. The zero-order valence-corrected chi connectivity index (χ0v) is 10.0. The Bertz CT molecular complexity index is 143. The summed E-state index contributed by atoms with van der Waals surface area (Å²) in [5, 5.41) is -18.6. The van der Waals surface area contributed by atoms with Crippen molar-refractivity contribution in [2.45, 2.75) is 15.0 Å². The van der Waals surface area contributed by atoms with Crippen molar-refractivity contribution in [2.24, 2.45) is 0 Å². The Morgan fingerprint density at radius 1 is 0.500 bits per heavy atom. The van der Waals surface area contributed by atoms with Gasteiger partial charge in [0.2, 0.25) is 0 Å². The predicted molar refractivity (Wildman–Crippen MR) is 23.9 cm³/mol. The minimum Gasteiger partial charge on any atom is -1.00 e. The normalized spacial score (nSPS) is 13.5. The Kier molecular flexibility index (Phi) is 5.67. The van der Waals surface area contributed by atoms with Gasteiger partial charge in [-0.05, 0) is 0 Å². The second kappa shape index (κ2) is 4.66. The summed E-state index contributed by atoms with van der Waals surface area (Å²) in [6, 6.07) is 0. The van der Waals surface area contributed by atoms with Gasteiger partial charge >= 0.3 is 68.9 Å². The Morgan fingerprint density at radius 2 is 0.643 bits per heavy atom. The third kappa shape index (κ3) is 4.93. The predicted octanol–water partition coefficient (Wildman–Crippen LogP) is -0.210. The molecule has 0 saturated heterocycles. The van der Waals surface area contributed by atoms with Crippen LogP contribution in [0.25, 0.3) is 0 Å². The standard InChI is InChI=1S/C3F9Ge.HI/c4-1(5,6)13(2(7,8)9)3(10,11)12;/h;1H/q+1;/p-1. The summed E-state index contributed by atoms with van der Waals surface area (Å²) < 4.78 is 102. The van der Waals surface area contributed by atoms with Crippen LogP contribution in [0.3, 0.4) is 0 Å². The molecule has 0 radical (unpaired) electrons. The van der Waals surface area contributed by atoms with E-state index >= 15 is 0 Å². The van der Waals surface area contributed by atoms with Crippen LogP contribution in [0.4, 0.5) is 39.5 Å². The monoisotopic (exact) mass is 408 g/mol. The molecule has 0 nitrogen and oxygen atoms in total. The van der Waals surface area contributed by atoms with Crippen molar-refractivity contribution in [1.82, 2.24) is 0 Å². The Hall–Kier alpha value is 0.643. The van der Waals surface area contributed by atoms with Crippen LogP contribution >= 0.6 is 0 Å². The van der Waals surface area contributed by atoms with Crippen molar-refractivity contribution in [3.63, 3.8) is 0 Å². The van der Waals surface area contributed by atoms with Gasteiger partial charge in [0, 0.05) is 0 Å². The number of halogens is 10.